The highest BCUT2D eigenvalue weighted by Gasteiger charge is 2.22. The number of nitrogens with zero attached hydrogens (tertiary/aromatic N) is 1. The van der Waals surface area contributed by atoms with Crippen LogP contribution in [0.4, 0.5) is 0 Å². The van der Waals surface area contributed by atoms with E-state index in [0.717, 1.165) is 0 Å². The van der Waals surface area contributed by atoms with Crippen LogP contribution in [0, 0.1) is 13.8 Å². The van der Waals surface area contributed by atoms with E-state index in [4.69, 9.17) is 0 Å². The predicted octanol–water partition coefficient (Wildman–Crippen LogP) is 4.08. The molecule has 2 heterocycles. The van der Waals surface area contributed by atoms with Gasteiger partial charge < -0.3 is 5.32 Å². The SMILES string of the molecule is Cc1cc(C2N=CNC=C2c2ccccc2)c(C)s1. The molecule has 19 heavy (non-hydrogen) atoms. The molecule has 0 radical (unpaired) electrons. The van der Waals surface area contributed by atoms with E-state index in [2.05, 4.69) is 60.7 Å². The summed E-state index contributed by atoms with van der Waals surface area (Å²) in [6, 6.07) is 12.8. The Balaban J connectivity index is 2.04. The summed E-state index contributed by atoms with van der Waals surface area (Å²) in [5.74, 6) is 0. The maximum absolute atomic E-state index is 4.63. The highest BCUT2D eigenvalue weighted by molar-refractivity contribution is 7.12. The summed E-state index contributed by atoms with van der Waals surface area (Å²) < 4.78 is 0. The number of benzene rings is 1. The second kappa shape index (κ2) is 5.02. The third-order valence-electron chi connectivity index (χ3n) is 3.31. The van der Waals surface area contributed by atoms with Gasteiger partial charge in [-0.05, 0) is 31.0 Å². The Labute approximate surface area is 117 Å². The van der Waals surface area contributed by atoms with Crippen LogP contribution < -0.4 is 5.32 Å². The Morgan fingerprint density at radius 3 is 2.63 bits per heavy atom. The molecule has 2 aromatic rings. The monoisotopic (exact) mass is 268 g/mol. The molecule has 0 saturated heterocycles. The Kier molecular flexibility index (Phi) is 3.22. The number of nitrogens with one attached hydrogen (secondary N) is 1. The van der Waals surface area contributed by atoms with E-state index in [1.54, 1.807) is 6.34 Å². The Morgan fingerprint density at radius 1 is 1.16 bits per heavy atom. The van der Waals surface area contributed by atoms with Crippen LogP contribution in [-0.2, 0) is 0 Å². The summed E-state index contributed by atoms with van der Waals surface area (Å²) in [7, 11) is 0. The van der Waals surface area contributed by atoms with Crippen molar-refractivity contribution in [3.8, 4) is 0 Å². The van der Waals surface area contributed by atoms with Crippen LogP contribution in [0.25, 0.3) is 5.57 Å². The van der Waals surface area contributed by atoms with E-state index < -0.39 is 0 Å². The summed E-state index contributed by atoms with van der Waals surface area (Å²) in [6.07, 6.45) is 3.84. The predicted molar refractivity (Wildman–Crippen MR) is 82.6 cm³/mol. The molecule has 1 aromatic carbocycles. The molecule has 1 aliphatic rings. The Bertz CT molecular complexity index is 638. The van der Waals surface area contributed by atoms with E-state index in [1.807, 2.05) is 17.4 Å². The minimum atomic E-state index is 0.105. The van der Waals surface area contributed by atoms with Gasteiger partial charge in [0.2, 0.25) is 0 Å². The lowest BCUT2D eigenvalue weighted by Crippen LogP contribution is -2.13. The fraction of sp³-hybridized carbons (Fsp3) is 0.188. The summed E-state index contributed by atoms with van der Waals surface area (Å²) in [6.45, 7) is 4.32. The van der Waals surface area contributed by atoms with Gasteiger partial charge in [-0.3, -0.25) is 4.99 Å². The van der Waals surface area contributed by atoms with Crippen molar-refractivity contribution in [2.75, 3.05) is 0 Å². The lowest BCUT2D eigenvalue weighted by molar-refractivity contribution is 0.903. The van der Waals surface area contributed by atoms with E-state index in [1.165, 1.54) is 26.5 Å². The van der Waals surface area contributed by atoms with E-state index in [0.29, 0.717) is 0 Å². The zero-order valence-corrected chi connectivity index (χ0v) is 11.9. The van der Waals surface area contributed by atoms with Crippen molar-refractivity contribution < 1.29 is 0 Å². The van der Waals surface area contributed by atoms with Gasteiger partial charge in [-0.25, -0.2) is 0 Å². The first kappa shape index (κ1) is 12.2. The van der Waals surface area contributed by atoms with Gasteiger partial charge in [0.1, 0.15) is 6.04 Å². The van der Waals surface area contributed by atoms with Crippen LogP contribution in [0.1, 0.15) is 26.9 Å². The van der Waals surface area contributed by atoms with Crippen molar-refractivity contribution in [2.24, 2.45) is 4.99 Å². The molecular formula is C16H16N2S. The minimum Gasteiger partial charge on any atom is -0.353 e. The fourth-order valence-corrected chi connectivity index (χ4v) is 3.40. The average molecular weight is 268 g/mol. The van der Waals surface area contributed by atoms with Gasteiger partial charge in [0.05, 0.1) is 6.34 Å². The van der Waals surface area contributed by atoms with E-state index >= 15 is 0 Å². The van der Waals surface area contributed by atoms with Gasteiger partial charge in [-0.2, -0.15) is 0 Å². The Morgan fingerprint density at radius 2 is 1.95 bits per heavy atom. The molecule has 0 spiro atoms. The molecule has 1 N–H and O–H groups in total. The third-order valence-corrected chi connectivity index (χ3v) is 4.29. The second-order valence-corrected chi connectivity index (χ2v) is 6.14. The van der Waals surface area contributed by atoms with Gasteiger partial charge in [-0.1, -0.05) is 30.3 Å². The van der Waals surface area contributed by atoms with Crippen LogP contribution in [0.15, 0.2) is 47.6 Å². The quantitative estimate of drug-likeness (QED) is 0.872. The van der Waals surface area contributed by atoms with Gasteiger partial charge in [0.25, 0.3) is 0 Å². The van der Waals surface area contributed by atoms with Gasteiger partial charge in [0.15, 0.2) is 0 Å². The van der Waals surface area contributed by atoms with Crippen LogP contribution in [0.3, 0.4) is 0 Å². The van der Waals surface area contributed by atoms with Crippen molar-refractivity contribution in [1.29, 1.82) is 0 Å². The molecule has 0 saturated carbocycles. The zero-order valence-electron chi connectivity index (χ0n) is 11.1. The number of aliphatic imine (C=N–C) groups is 1. The molecular weight excluding hydrogens is 252 g/mol. The molecule has 1 atom stereocenters. The van der Waals surface area contributed by atoms with Crippen LogP contribution in [-0.4, -0.2) is 6.34 Å². The van der Waals surface area contributed by atoms with Crippen LogP contribution >= 0.6 is 11.3 Å². The van der Waals surface area contributed by atoms with E-state index in [9.17, 15) is 0 Å². The number of aryl methyl sites for hydroxylation is 2. The van der Waals surface area contributed by atoms with Crippen molar-refractivity contribution in [3.05, 3.63) is 63.5 Å². The smallest absolute Gasteiger partial charge is 0.105 e. The summed E-state index contributed by atoms with van der Waals surface area (Å²) in [5, 5.41) is 3.11. The third kappa shape index (κ3) is 2.34. The molecule has 1 unspecified atom stereocenters. The molecule has 3 rings (SSSR count). The first-order valence-corrected chi connectivity index (χ1v) is 7.17. The highest BCUT2D eigenvalue weighted by atomic mass is 32.1. The maximum Gasteiger partial charge on any atom is 0.105 e. The number of hydrogen-bond donors (Lipinski definition) is 1. The van der Waals surface area contributed by atoms with Crippen molar-refractivity contribution >= 4 is 23.2 Å². The first-order valence-electron chi connectivity index (χ1n) is 6.36. The normalized spacial score (nSPS) is 18.0. The lowest BCUT2D eigenvalue weighted by Gasteiger charge is -2.20. The largest absolute Gasteiger partial charge is 0.353 e. The summed E-state index contributed by atoms with van der Waals surface area (Å²) in [5.41, 5.74) is 3.76. The standard InChI is InChI=1S/C16H16N2S/c1-11-8-14(12(2)19-11)16-15(9-17-10-18-16)13-6-4-3-5-7-13/h3-10,16H,1-2H3,(H,17,18). The van der Waals surface area contributed by atoms with Gasteiger partial charge in [0, 0.05) is 21.5 Å². The van der Waals surface area contributed by atoms with Crippen molar-refractivity contribution in [3.63, 3.8) is 0 Å². The van der Waals surface area contributed by atoms with E-state index in [-0.39, 0.29) is 6.04 Å². The molecule has 0 bridgehead atoms. The summed E-state index contributed by atoms with van der Waals surface area (Å²) >= 11 is 1.84. The van der Waals surface area contributed by atoms with Crippen LogP contribution in [0.5, 0.6) is 0 Å². The van der Waals surface area contributed by atoms with Crippen molar-refractivity contribution in [1.82, 2.24) is 5.32 Å². The van der Waals surface area contributed by atoms with Gasteiger partial charge in [-0.15, -0.1) is 11.3 Å². The van der Waals surface area contributed by atoms with Crippen molar-refractivity contribution in [2.45, 2.75) is 19.9 Å². The molecule has 1 aliphatic heterocycles. The first-order chi connectivity index (χ1) is 9.25. The Hall–Kier alpha value is -1.87. The summed E-state index contributed by atoms with van der Waals surface area (Å²) in [4.78, 5) is 7.33. The molecule has 0 fully saturated rings. The number of thiophene rings is 1. The topological polar surface area (TPSA) is 24.4 Å². The molecule has 2 nitrogen and oxygen atoms in total. The number of rotatable bonds is 2. The lowest BCUT2D eigenvalue weighted by atomic mass is 9.93. The second-order valence-electron chi connectivity index (χ2n) is 4.68. The molecule has 96 valence electrons. The number of hydrogen-bond acceptors (Lipinski definition) is 3. The minimum absolute atomic E-state index is 0.105. The molecule has 3 heteroatoms. The van der Waals surface area contributed by atoms with Crippen LogP contribution in [0.2, 0.25) is 0 Å². The molecule has 0 aliphatic carbocycles. The fourth-order valence-electron chi connectivity index (χ4n) is 2.45. The average Bonchev–Trinajstić information content (AvgIpc) is 2.79. The molecule has 1 aromatic heterocycles. The van der Waals surface area contributed by atoms with Gasteiger partial charge >= 0.3 is 0 Å². The zero-order chi connectivity index (χ0) is 13.2. The highest BCUT2D eigenvalue weighted by Crippen LogP contribution is 2.38. The molecule has 0 amide bonds. The maximum atomic E-state index is 4.63.